The van der Waals surface area contributed by atoms with Crippen molar-refractivity contribution in [2.75, 3.05) is 41.5 Å². The van der Waals surface area contributed by atoms with Crippen molar-refractivity contribution in [3.8, 4) is 0 Å². The van der Waals surface area contributed by atoms with Gasteiger partial charge in [0.25, 0.3) is 11.8 Å². The Morgan fingerprint density at radius 2 is 1.57 bits per heavy atom. The summed E-state index contributed by atoms with van der Waals surface area (Å²) >= 11 is 5.87. The van der Waals surface area contributed by atoms with Gasteiger partial charge in [0.1, 0.15) is 6.04 Å². The minimum absolute atomic E-state index is 0.00464. The van der Waals surface area contributed by atoms with Gasteiger partial charge in [-0.05, 0) is 56.9 Å². The first-order valence-corrected chi connectivity index (χ1v) is 23.5. The van der Waals surface area contributed by atoms with E-state index in [1.54, 1.807) is 40.0 Å². The van der Waals surface area contributed by atoms with E-state index in [1.165, 1.54) is 24.2 Å². The van der Waals surface area contributed by atoms with Gasteiger partial charge in [-0.1, -0.05) is 90.0 Å². The van der Waals surface area contributed by atoms with Crippen molar-refractivity contribution >= 4 is 58.5 Å². The number of unbranched alkanes of at least 4 members (excludes halogenated alkanes) is 2. The molecule has 0 unspecified atom stereocenters. The van der Waals surface area contributed by atoms with Crippen LogP contribution in [0.25, 0.3) is 0 Å². The molecule has 0 bridgehead atoms. The van der Waals surface area contributed by atoms with E-state index in [2.05, 4.69) is 10.6 Å². The Balaban J connectivity index is 1.68. The molecule has 0 aliphatic carbocycles. The van der Waals surface area contributed by atoms with Crippen LogP contribution in [-0.2, 0) is 54.2 Å². The van der Waals surface area contributed by atoms with Gasteiger partial charge >= 0.3 is 5.97 Å². The molecule has 3 rings (SSSR count). The first-order chi connectivity index (χ1) is 30.7. The summed E-state index contributed by atoms with van der Waals surface area (Å²) in [7, 11) is 6.20. The van der Waals surface area contributed by atoms with Gasteiger partial charge in [0, 0.05) is 77.6 Å². The number of esters is 1. The van der Waals surface area contributed by atoms with Crippen molar-refractivity contribution in [2.45, 2.75) is 149 Å². The van der Waals surface area contributed by atoms with E-state index in [9.17, 15) is 33.6 Å². The first kappa shape index (κ1) is 54.8. The fourth-order valence-corrected chi connectivity index (χ4v) is 9.26. The quantitative estimate of drug-likeness (QED) is 0.0510. The highest BCUT2D eigenvalue weighted by molar-refractivity contribution is 7.80. The summed E-state index contributed by atoms with van der Waals surface area (Å²) in [5.74, 6) is -3.43. The zero-order valence-corrected chi connectivity index (χ0v) is 41.4. The zero-order valence-electron chi connectivity index (χ0n) is 40.6. The molecule has 8 atom stereocenters. The van der Waals surface area contributed by atoms with Crippen LogP contribution in [0.4, 0.5) is 0 Å². The molecule has 2 N–H and O–H groups in total. The van der Waals surface area contributed by atoms with Crippen molar-refractivity contribution in [3.05, 3.63) is 48.0 Å². The number of amides is 5. The number of nitrogens with one attached hydrogen (secondary N) is 2. The average molecular weight is 926 g/mol. The summed E-state index contributed by atoms with van der Waals surface area (Å²) in [6.07, 6.45) is 5.64. The van der Waals surface area contributed by atoms with Gasteiger partial charge in [-0.15, -0.1) is 0 Å². The Morgan fingerprint density at radius 3 is 2.14 bits per heavy atom. The minimum Gasteiger partial charge on any atom is -0.467 e. The SMILES string of the molecule is CC[C@H](C)[C@@H]([C@@H](CC(=O)N1CCC[C@H]1[C@H](OC)[C@@H](C)C(=S)N[C@@H](Cc1ccccc1)C(=O)OC)OC)N(C)C(=O)[C@@H](CC(=O)C(C)(C)NC(=O)CCCCCN1C(=O)C=CC1=O)C(C)C. The van der Waals surface area contributed by atoms with Gasteiger partial charge in [-0.3, -0.25) is 33.7 Å². The lowest BCUT2D eigenvalue weighted by molar-refractivity contribution is -0.148. The van der Waals surface area contributed by atoms with E-state index in [0.717, 1.165) is 12.0 Å². The number of thiocarbonyl (C=S) groups is 1. The molecule has 1 saturated heterocycles. The molecule has 0 saturated carbocycles. The number of ketones is 1. The molecular formula is C49H75N5O10S. The lowest BCUT2D eigenvalue weighted by Crippen LogP contribution is -2.55. The molecule has 0 radical (unpaired) electrons. The number of likely N-dealkylation sites (N-methyl/N-ethyl adjacent to an activating group) is 1. The monoisotopic (exact) mass is 926 g/mol. The molecule has 2 aliphatic heterocycles. The lowest BCUT2D eigenvalue weighted by atomic mass is 9.82. The van der Waals surface area contributed by atoms with E-state index in [-0.39, 0.29) is 84.9 Å². The molecule has 362 valence electrons. The lowest BCUT2D eigenvalue weighted by Gasteiger charge is -2.41. The molecule has 2 heterocycles. The minimum atomic E-state index is -1.24. The Bertz CT molecular complexity index is 1820. The van der Waals surface area contributed by atoms with E-state index in [1.807, 2.05) is 69.9 Å². The van der Waals surface area contributed by atoms with Crippen LogP contribution >= 0.6 is 12.2 Å². The van der Waals surface area contributed by atoms with Crippen LogP contribution in [0.1, 0.15) is 112 Å². The Morgan fingerprint density at radius 1 is 0.923 bits per heavy atom. The Labute approximate surface area is 392 Å². The summed E-state index contributed by atoms with van der Waals surface area (Å²) in [6.45, 7) is 13.8. The normalized spacial score (nSPS) is 18.4. The number of carbonyl (C=O) groups is 7. The van der Waals surface area contributed by atoms with Gasteiger partial charge in [-0.25, -0.2) is 4.79 Å². The van der Waals surface area contributed by atoms with Gasteiger partial charge in [0.05, 0.1) is 48.3 Å². The van der Waals surface area contributed by atoms with Crippen LogP contribution < -0.4 is 10.6 Å². The van der Waals surface area contributed by atoms with Gasteiger partial charge in [0.2, 0.25) is 17.7 Å². The molecule has 5 amide bonds. The fraction of sp³-hybridized carbons (Fsp3) is 0.673. The summed E-state index contributed by atoms with van der Waals surface area (Å²) in [5.41, 5.74) is -0.292. The number of Topliss-reactive ketones (excluding diaryl/α,β-unsaturated/α-hetero) is 1. The molecule has 65 heavy (non-hydrogen) atoms. The number of benzene rings is 1. The number of hydrogen-bond acceptors (Lipinski definition) is 11. The van der Waals surface area contributed by atoms with Gasteiger partial charge < -0.3 is 34.6 Å². The average Bonchev–Trinajstić information content (AvgIpc) is 3.89. The maximum atomic E-state index is 14.5. The molecule has 0 spiro atoms. The van der Waals surface area contributed by atoms with E-state index < -0.39 is 41.7 Å². The fourth-order valence-electron chi connectivity index (χ4n) is 8.98. The smallest absolute Gasteiger partial charge is 0.328 e. The molecule has 0 aromatic heterocycles. The number of hydrogen-bond donors (Lipinski definition) is 2. The highest BCUT2D eigenvalue weighted by Gasteiger charge is 2.43. The Kier molecular flexibility index (Phi) is 21.9. The molecule has 15 nitrogen and oxygen atoms in total. The van der Waals surface area contributed by atoms with Crippen molar-refractivity contribution in [1.29, 1.82) is 0 Å². The zero-order chi connectivity index (χ0) is 48.6. The summed E-state index contributed by atoms with van der Waals surface area (Å²) in [5, 5.41) is 6.07. The third-order valence-corrected chi connectivity index (χ3v) is 13.7. The van der Waals surface area contributed by atoms with Crippen molar-refractivity contribution in [2.24, 2.45) is 23.7 Å². The van der Waals surface area contributed by atoms with Crippen LogP contribution in [0.15, 0.2) is 42.5 Å². The van der Waals surface area contributed by atoms with Crippen LogP contribution in [0.3, 0.4) is 0 Å². The largest absolute Gasteiger partial charge is 0.467 e. The number of ether oxygens (including phenoxy) is 3. The third-order valence-electron chi connectivity index (χ3n) is 13.2. The standard InChI is InChI=1S/C49H75N5O10S/c1-12-32(4)44(52(8)47(60)35(31(2)3)29-39(55)49(6,7)51-40(56)23-17-14-18-26-54-41(57)24-25-42(54)58)38(62-9)30-43(59)53-27-19-22-37(53)45(63-10)33(5)46(65)50-36(48(61)64-11)28-34-20-15-13-16-21-34/h13,15-16,20-21,24-25,31-33,35-38,44-45H,12,14,17-19,22-23,26-30H2,1-11H3,(H,50,65)(H,51,56)/t32-,33+,35-,36-,37-,38+,44-,45+/m0/s1. The van der Waals surface area contributed by atoms with Crippen molar-refractivity contribution in [1.82, 2.24) is 25.3 Å². The first-order valence-electron chi connectivity index (χ1n) is 23.1. The summed E-state index contributed by atoms with van der Waals surface area (Å²) < 4.78 is 17.2. The highest BCUT2D eigenvalue weighted by atomic mass is 32.1. The number of rotatable bonds is 27. The number of methoxy groups -OCH3 is 3. The number of nitrogens with zero attached hydrogens (tertiary/aromatic N) is 3. The van der Waals surface area contributed by atoms with Crippen LogP contribution in [-0.4, -0.2) is 138 Å². The molecule has 1 aromatic rings. The molecule has 2 aliphatic rings. The molecule has 1 fully saturated rings. The van der Waals surface area contributed by atoms with Crippen LogP contribution in [0.2, 0.25) is 0 Å². The predicted octanol–water partition coefficient (Wildman–Crippen LogP) is 5.22. The third kappa shape index (κ3) is 15.3. The Hall–Kier alpha value is -4.54. The highest BCUT2D eigenvalue weighted by Crippen LogP contribution is 2.31. The second-order valence-corrected chi connectivity index (χ2v) is 18.9. The van der Waals surface area contributed by atoms with Crippen LogP contribution in [0, 0.1) is 23.7 Å². The molecule has 16 heteroatoms. The maximum Gasteiger partial charge on any atom is 0.328 e. The van der Waals surface area contributed by atoms with Crippen LogP contribution in [0.5, 0.6) is 0 Å². The number of likely N-dealkylation sites (tertiary alicyclic amines) is 1. The van der Waals surface area contributed by atoms with Crippen molar-refractivity contribution < 1.29 is 47.8 Å². The second kappa shape index (κ2) is 26.0. The number of carbonyl (C=O) groups excluding carboxylic acids is 7. The second-order valence-electron chi connectivity index (χ2n) is 18.5. The topological polar surface area (TPSA) is 181 Å². The molecule has 1 aromatic carbocycles. The number of imide groups is 1. The predicted molar refractivity (Wildman–Crippen MR) is 252 cm³/mol. The van der Waals surface area contributed by atoms with Crippen molar-refractivity contribution in [3.63, 3.8) is 0 Å². The summed E-state index contributed by atoms with van der Waals surface area (Å²) in [4.78, 5) is 97.2. The van der Waals surface area contributed by atoms with Gasteiger partial charge in [0.15, 0.2) is 5.78 Å². The van der Waals surface area contributed by atoms with E-state index in [0.29, 0.717) is 50.1 Å². The van der Waals surface area contributed by atoms with E-state index >= 15 is 0 Å². The maximum absolute atomic E-state index is 14.5. The van der Waals surface area contributed by atoms with Gasteiger partial charge in [-0.2, -0.15) is 0 Å². The summed E-state index contributed by atoms with van der Waals surface area (Å²) in [6, 6.07) is 8.08. The van der Waals surface area contributed by atoms with E-state index in [4.69, 9.17) is 26.4 Å². The molecular weight excluding hydrogens is 851 g/mol.